The molecule has 0 fully saturated rings. The van der Waals surface area contributed by atoms with Gasteiger partial charge in [-0.2, -0.15) is 0 Å². The summed E-state index contributed by atoms with van der Waals surface area (Å²) in [6.07, 6.45) is 0. The predicted molar refractivity (Wildman–Crippen MR) is 194 cm³/mol. The van der Waals surface area contributed by atoms with Crippen molar-refractivity contribution in [2.45, 2.75) is 0 Å². The van der Waals surface area contributed by atoms with Gasteiger partial charge in [0.1, 0.15) is 0 Å². The summed E-state index contributed by atoms with van der Waals surface area (Å²) in [6, 6.07) is 58.0. The Labute approximate surface area is 266 Å². The van der Waals surface area contributed by atoms with Crippen LogP contribution in [0.4, 0.5) is 17.1 Å². The number of para-hydroxylation sites is 5. The van der Waals surface area contributed by atoms with Crippen molar-refractivity contribution >= 4 is 83.8 Å². The minimum atomic E-state index is 0.143. The fourth-order valence-electron chi connectivity index (χ4n) is 8.59. The maximum Gasteiger partial charge on any atom is 0.252 e. The molecule has 0 spiro atoms. The fraction of sp³-hybridized carbons (Fsp3) is 0. The minimum Gasteiger partial charge on any atom is -0.311 e. The first-order valence-corrected chi connectivity index (χ1v) is 16.0. The van der Waals surface area contributed by atoms with E-state index < -0.39 is 0 Å². The van der Waals surface area contributed by atoms with Gasteiger partial charge in [-0.1, -0.05) is 103 Å². The quantitative estimate of drug-likeness (QED) is 0.186. The lowest BCUT2D eigenvalue weighted by Crippen LogP contribution is -2.60. The highest BCUT2D eigenvalue weighted by Crippen LogP contribution is 2.44. The molecule has 4 heterocycles. The molecular formula is C42H26BN3. The molecule has 2 aliphatic heterocycles. The summed E-state index contributed by atoms with van der Waals surface area (Å²) in [7, 11) is 0. The van der Waals surface area contributed by atoms with Crippen LogP contribution in [0.25, 0.3) is 55.0 Å². The van der Waals surface area contributed by atoms with Gasteiger partial charge in [-0.05, 0) is 71.0 Å². The number of anilines is 3. The van der Waals surface area contributed by atoms with Gasteiger partial charge in [0, 0.05) is 55.5 Å². The Morgan fingerprint density at radius 2 is 1.00 bits per heavy atom. The van der Waals surface area contributed by atoms with E-state index >= 15 is 0 Å². The highest BCUT2D eigenvalue weighted by atomic mass is 15.2. The van der Waals surface area contributed by atoms with E-state index in [1.807, 2.05) is 0 Å². The second-order valence-electron chi connectivity index (χ2n) is 12.5. The number of rotatable bonds is 2. The summed E-state index contributed by atoms with van der Waals surface area (Å²) in [5.74, 6) is 0. The van der Waals surface area contributed by atoms with Gasteiger partial charge in [0.2, 0.25) is 0 Å². The van der Waals surface area contributed by atoms with Crippen LogP contribution in [0, 0.1) is 0 Å². The third-order valence-corrected chi connectivity index (χ3v) is 10.3. The van der Waals surface area contributed by atoms with Crippen LogP contribution in [0.15, 0.2) is 158 Å². The summed E-state index contributed by atoms with van der Waals surface area (Å²) in [6.45, 7) is 0.143. The van der Waals surface area contributed by atoms with Crippen LogP contribution in [-0.2, 0) is 0 Å². The summed E-state index contributed by atoms with van der Waals surface area (Å²) in [5.41, 5.74) is 15.2. The van der Waals surface area contributed by atoms with Crippen molar-refractivity contribution in [3.05, 3.63) is 158 Å². The van der Waals surface area contributed by atoms with Crippen LogP contribution in [0.1, 0.15) is 0 Å². The van der Waals surface area contributed by atoms with E-state index in [1.165, 1.54) is 88.4 Å². The lowest BCUT2D eigenvalue weighted by molar-refractivity contribution is 1.17. The van der Waals surface area contributed by atoms with Crippen LogP contribution in [0.3, 0.4) is 0 Å². The largest absolute Gasteiger partial charge is 0.311 e. The van der Waals surface area contributed by atoms with E-state index in [9.17, 15) is 0 Å². The van der Waals surface area contributed by atoms with Gasteiger partial charge in [-0.25, -0.2) is 0 Å². The summed E-state index contributed by atoms with van der Waals surface area (Å²) in [5, 5.41) is 5.18. The van der Waals surface area contributed by atoms with Gasteiger partial charge >= 0.3 is 0 Å². The molecule has 9 aromatic rings. The topological polar surface area (TPSA) is 13.1 Å². The first kappa shape index (κ1) is 24.3. The standard InChI is InChI=1S/C42H26BN3/c1-3-13-27(14-4-1)44-34-21-9-7-17-31(34)39-36(44)26-25-30-29-18-11-20-33-41(29)46(42(30)39)38-24-12-23-37-40(38)43(33)32-19-8-10-22-35(32)45(37)28-15-5-2-6-16-28/h1-26H. The molecule has 7 aromatic carbocycles. The zero-order valence-corrected chi connectivity index (χ0v) is 24.9. The van der Waals surface area contributed by atoms with Gasteiger partial charge < -0.3 is 14.0 Å². The molecule has 0 saturated carbocycles. The average Bonchev–Trinajstić information content (AvgIpc) is 3.64. The zero-order chi connectivity index (χ0) is 29.9. The van der Waals surface area contributed by atoms with E-state index in [0.717, 1.165) is 0 Å². The third-order valence-electron chi connectivity index (χ3n) is 10.3. The molecule has 2 aliphatic rings. The molecule has 0 aliphatic carbocycles. The van der Waals surface area contributed by atoms with Crippen LogP contribution in [0.2, 0.25) is 0 Å². The third kappa shape index (κ3) is 2.94. The Balaban J connectivity index is 1.34. The Hall–Kier alpha value is -6.00. The van der Waals surface area contributed by atoms with Crippen LogP contribution < -0.4 is 21.3 Å². The number of hydrogen-bond donors (Lipinski definition) is 0. The van der Waals surface area contributed by atoms with E-state index in [0.29, 0.717) is 0 Å². The van der Waals surface area contributed by atoms with E-state index in [-0.39, 0.29) is 6.71 Å². The van der Waals surface area contributed by atoms with Crippen LogP contribution >= 0.6 is 0 Å². The number of aromatic nitrogens is 2. The Kier molecular flexibility index (Phi) is 4.66. The molecule has 4 heteroatoms. The van der Waals surface area contributed by atoms with Crippen molar-refractivity contribution < 1.29 is 0 Å². The molecule has 0 unspecified atom stereocenters. The van der Waals surface area contributed by atoms with E-state index in [4.69, 9.17) is 0 Å². The molecule has 3 nitrogen and oxygen atoms in total. The lowest BCUT2D eigenvalue weighted by Gasteiger charge is -2.40. The smallest absolute Gasteiger partial charge is 0.252 e. The molecular weight excluding hydrogens is 557 g/mol. The number of hydrogen-bond acceptors (Lipinski definition) is 1. The minimum absolute atomic E-state index is 0.143. The normalized spacial score (nSPS) is 13.1. The number of nitrogens with zero attached hydrogens (tertiary/aromatic N) is 3. The molecule has 0 saturated heterocycles. The molecule has 0 atom stereocenters. The molecule has 0 bridgehead atoms. The Morgan fingerprint density at radius 1 is 0.370 bits per heavy atom. The van der Waals surface area contributed by atoms with Crippen molar-refractivity contribution in [1.29, 1.82) is 0 Å². The van der Waals surface area contributed by atoms with Gasteiger partial charge in [0.05, 0.1) is 16.6 Å². The summed E-state index contributed by atoms with van der Waals surface area (Å²) in [4.78, 5) is 2.46. The Bertz CT molecular complexity index is 2700. The van der Waals surface area contributed by atoms with Crippen molar-refractivity contribution in [3.8, 4) is 11.4 Å². The number of fused-ring (bicyclic) bond motifs is 11. The molecule has 11 rings (SSSR count). The van der Waals surface area contributed by atoms with E-state index in [1.54, 1.807) is 0 Å². The average molecular weight is 584 g/mol. The van der Waals surface area contributed by atoms with Crippen molar-refractivity contribution in [1.82, 2.24) is 9.13 Å². The predicted octanol–water partition coefficient (Wildman–Crippen LogP) is 8.49. The van der Waals surface area contributed by atoms with Crippen molar-refractivity contribution in [2.24, 2.45) is 0 Å². The first-order chi connectivity index (χ1) is 22.9. The van der Waals surface area contributed by atoms with Gasteiger partial charge in [-0.15, -0.1) is 0 Å². The maximum absolute atomic E-state index is 2.59. The molecule has 46 heavy (non-hydrogen) atoms. The van der Waals surface area contributed by atoms with Crippen LogP contribution in [0.5, 0.6) is 0 Å². The fourth-order valence-corrected chi connectivity index (χ4v) is 8.59. The second-order valence-corrected chi connectivity index (χ2v) is 12.5. The van der Waals surface area contributed by atoms with E-state index in [2.05, 4.69) is 172 Å². The second kappa shape index (κ2) is 8.80. The highest BCUT2D eigenvalue weighted by Gasteiger charge is 2.41. The van der Waals surface area contributed by atoms with Crippen molar-refractivity contribution in [2.75, 3.05) is 4.90 Å². The zero-order valence-electron chi connectivity index (χ0n) is 24.9. The summed E-state index contributed by atoms with van der Waals surface area (Å²) < 4.78 is 5.02. The maximum atomic E-state index is 2.59. The Morgan fingerprint density at radius 3 is 1.87 bits per heavy atom. The lowest BCUT2D eigenvalue weighted by atomic mass is 9.34. The highest BCUT2D eigenvalue weighted by molar-refractivity contribution is 7.00. The van der Waals surface area contributed by atoms with Gasteiger partial charge in [-0.3, -0.25) is 0 Å². The molecule has 0 amide bonds. The van der Waals surface area contributed by atoms with Gasteiger partial charge in [0.15, 0.2) is 0 Å². The number of benzene rings is 7. The molecule has 212 valence electrons. The van der Waals surface area contributed by atoms with Gasteiger partial charge in [0.25, 0.3) is 6.71 Å². The van der Waals surface area contributed by atoms with Crippen LogP contribution in [-0.4, -0.2) is 15.8 Å². The monoisotopic (exact) mass is 583 g/mol. The molecule has 2 aromatic heterocycles. The molecule has 0 radical (unpaired) electrons. The first-order valence-electron chi connectivity index (χ1n) is 16.0. The molecule has 0 N–H and O–H groups in total. The van der Waals surface area contributed by atoms with Crippen molar-refractivity contribution in [3.63, 3.8) is 0 Å². The summed E-state index contributed by atoms with van der Waals surface area (Å²) >= 11 is 0. The SMILES string of the molecule is c1ccc(N2c3ccccc3B3c4c2cccc4-n2c4c3cccc4c3ccc4c(c5ccccc5n4-c4ccccc4)c32)cc1.